The van der Waals surface area contributed by atoms with Crippen molar-refractivity contribution in [1.82, 2.24) is 15.2 Å². The first-order valence-electron chi connectivity index (χ1n) is 7.92. The van der Waals surface area contributed by atoms with Gasteiger partial charge < -0.3 is 10.4 Å². The van der Waals surface area contributed by atoms with Gasteiger partial charge >= 0.3 is 0 Å². The standard InChI is InChI=1S/C16H22ClN3O2/c17-14-9-18-6-3-12(14)10-20-7-4-11(5-8-20)15(21)16(22)19-13-1-2-13/h3,6,9,11,13,15,21H,1-2,4-5,7-8,10H2,(H,19,22). The molecule has 120 valence electrons. The lowest BCUT2D eigenvalue weighted by atomic mass is 9.90. The van der Waals surface area contributed by atoms with E-state index >= 15 is 0 Å². The number of nitrogens with zero attached hydrogens (tertiary/aromatic N) is 2. The van der Waals surface area contributed by atoms with E-state index in [0.29, 0.717) is 11.1 Å². The van der Waals surface area contributed by atoms with Gasteiger partial charge in [-0.15, -0.1) is 0 Å². The fourth-order valence-corrected chi connectivity index (χ4v) is 3.11. The van der Waals surface area contributed by atoms with Crippen LogP contribution in [0.4, 0.5) is 0 Å². The van der Waals surface area contributed by atoms with E-state index in [-0.39, 0.29) is 11.8 Å². The van der Waals surface area contributed by atoms with Gasteiger partial charge in [0.25, 0.3) is 0 Å². The monoisotopic (exact) mass is 323 g/mol. The lowest BCUT2D eigenvalue weighted by Gasteiger charge is -2.33. The molecule has 1 aromatic heterocycles. The Kier molecular flexibility index (Phi) is 4.96. The molecule has 0 spiro atoms. The summed E-state index contributed by atoms with van der Waals surface area (Å²) in [6.07, 6.45) is 6.30. The van der Waals surface area contributed by atoms with E-state index in [1.165, 1.54) is 0 Å². The first-order valence-corrected chi connectivity index (χ1v) is 8.30. The molecule has 0 radical (unpaired) electrons. The molecule has 2 heterocycles. The molecule has 1 saturated carbocycles. The van der Waals surface area contributed by atoms with Crippen molar-refractivity contribution in [3.8, 4) is 0 Å². The molecule has 22 heavy (non-hydrogen) atoms. The van der Waals surface area contributed by atoms with Gasteiger partial charge in [0.15, 0.2) is 0 Å². The van der Waals surface area contributed by atoms with Crippen molar-refractivity contribution in [3.05, 3.63) is 29.0 Å². The van der Waals surface area contributed by atoms with Crippen molar-refractivity contribution in [3.63, 3.8) is 0 Å². The highest BCUT2D eigenvalue weighted by Gasteiger charge is 2.32. The zero-order valence-electron chi connectivity index (χ0n) is 12.5. The number of aromatic nitrogens is 1. The Hall–Kier alpha value is -1.17. The van der Waals surface area contributed by atoms with Crippen molar-refractivity contribution in [2.45, 2.75) is 44.4 Å². The van der Waals surface area contributed by atoms with Gasteiger partial charge in [-0.25, -0.2) is 0 Å². The summed E-state index contributed by atoms with van der Waals surface area (Å²) in [5.74, 6) is -0.138. The van der Waals surface area contributed by atoms with Gasteiger partial charge in [0.05, 0.1) is 5.02 Å². The third kappa shape index (κ3) is 3.97. The van der Waals surface area contributed by atoms with Gasteiger partial charge in [-0.3, -0.25) is 14.7 Å². The number of aliphatic hydroxyl groups excluding tert-OH is 1. The molecule has 2 fully saturated rings. The summed E-state index contributed by atoms with van der Waals surface area (Å²) in [7, 11) is 0. The minimum atomic E-state index is -0.868. The van der Waals surface area contributed by atoms with Crippen LogP contribution in [-0.4, -0.2) is 46.1 Å². The second-order valence-electron chi connectivity index (χ2n) is 6.31. The Bertz CT molecular complexity index is 528. The Morgan fingerprint density at radius 1 is 1.41 bits per heavy atom. The summed E-state index contributed by atoms with van der Waals surface area (Å²) in [4.78, 5) is 18.2. The van der Waals surface area contributed by atoms with Gasteiger partial charge in [-0.1, -0.05) is 11.6 Å². The third-order valence-electron chi connectivity index (χ3n) is 4.52. The van der Waals surface area contributed by atoms with E-state index < -0.39 is 6.10 Å². The quantitative estimate of drug-likeness (QED) is 0.863. The minimum Gasteiger partial charge on any atom is -0.383 e. The lowest BCUT2D eigenvalue weighted by molar-refractivity contribution is -0.133. The molecule has 1 unspecified atom stereocenters. The van der Waals surface area contributed by atoms with Crippen LogP contribution < -0.4 is 5.32 Å². The van der Waals surface area contributed by atoms with Gasteiger partial charge in [0.2, 0.25) is 5.91 Å². The zero-order valence-corrected chi connectivity index (χ0v) is 13.3. The molecule has 1 aromatic rings. The predicted octanol–water partition coefficient (Wildman–Crippen LogP) is 1.59. The SMILES string of the molecule is O=C(NC1CC1)C(O)C1CCN(Cc2ccncc2Cl)CC1. The van der Waals surface area contributed by atoms with Crippen molar-refractivity contribution in [1.29, 1.82) is 0 Å². The molecule has 0 aromatic carbocycles. The van der Waals surface area contributed by atoms with Crippen LogP contribution >= 0.6 is 11.6 Å². The van der Waals surface area contributed by atoms with Crippen LogP contribution in [0.5, 0.6) is 0 Å². The highest BCUT2D eigenvalue weighted by Crippen LogP contribution is 2.25. The number of halogens is 1. The van der Waals surface area contributed by atoms with Crippen molar-refractivity contribution in [2.75, 3.05) is 13.1 Å². The lowest BCUT2D eigenvalue weighted by Crippen LogP contribution is -2.44. The second kappa shape index (κ2) is 6.94. The number of likely N-dealkylation sites (tertiary alicyclic amines) is 1. The first-order chi connectivity index (χ1) is 10.6. The molecule has 1 amide bonds. The summed E-state index contributed by atoms with van der Waals surface area (Å²) in [6.45, 7) is 2.53. The molecule has 1 atom stereocenters. The molecule has 1 aliphatic carbocycles. The van der Waals surface area contributed by atoms with Crippen molar-refractivity contribution < 1.29 is 9.90 Å². The Labute approximate surface area is 135 Å². The van der Waals surface area contributed by atoms with Crippen LogP contribution in [-0.2, 0) is 11.3 Å². The van der Waals surface area contributed by atoms with Gasteiger partial charge in [0.1, 0.15) is 6.10 Å². The normalized spacial score (nSPS) is 21.5. The van der Waals surface area contributed by atoms with Gasteiger partial charge in [0, 0.05) is 25.0 Å². The highest BCUT2D eigenvalue weighted by molar-refractivity contribution is 6.31. The average molecular weight is 324 g/mol. The van der Waals surface area contributed by atoms with Crippen LogP contribution in [0.15, 0.2) is 18.5 Å². The van der Waals surface area contributed by atoms with Crippen LogP contribution in [0.1, 0.15) is 31.2 Å². The van der Waals surface area contributed by atoms with Crippen LogP contribution in [0.3, 0.4) is 0 Å². The molecule has 6 heteroatoms. The van der Waals surface area contributed by atoms with Crippen LogP contribution in [0.25, 0.3) is 0 Å². The predicted molar refractivity (Wildman–Crippen MR) is 84.4 cm³/mol. The van der Waals surface area contributed by atoms with Crippen molar-refractivity contribution >= 4 is 17.5 Å². The molecule has 3 rings (SSSR count). The number of aliphatic hydroxyl groups is 1. The number of rotatable bonds is 5. The van der Waals surface area contributed by atoms with E-state index in [0.717, 1.165) is 50.9 Å². The maximum absolute atomic E-state index is 11.9. The number of hydrogen-bond acceptors (Lipinski definition) is 4. The topological polar surface area (TPSA) is 65.5 Å². The number of pyridine rings is 1. The fourth-order valence-electron chi connectivity index (χ4n) is 2.93. The minimum absolute atomic E-state index is 0.0583. The Morgan fingerprint density at radius 3 is 2.77 bits per heavy atom. The van der Waals surface area contributed by atoms with E-state index in [4.69, 9.17) is 11.6 Å². The van der Waals surface area contributed by atoms with Crippen molar-refractivity contribution in [2.24, 2.45) is 5.92 Å². The summed E-state index contributed by atoms with van der Waals surface area (Å²) in [5, 5.41) is 13.8. The highest BCUT2D eigenvalue weighted by atomic mass is 35.5. The molecule has 1 aliphatic heterocycles. The summed E-state index contributed by atoms with van der Waals surface area (Å²) in [6, 6.07) is 2.24. The zero-order chi connectivity index (χ0) is 15.5. The largest absolute Gasteiger partial charge is 0.383 e. The maximum Gasteiger partial charge on any atom is 0.249 e. The number of piperidine rings is 1. The van der Waals surface area contributed by atoms with Gasteiger partial charge in [-0.05, 0) is 56.3 Å². The number of hydrogen-bond donors (Lipinski definition) is 2. The molecular weight excluding hydrogens is 302 g/mol. The van der Waals surface area contributed by atoms with Crippen LogP contribution in [0, 0.1) is 5.92 Å². The number of carbonyl (C=O) groups excluding carboxylic acids is 1. The third-order valence-corrected chi connectivity index (χ3v) is 4.86. The van der Waals surface area contributed by atoms with E-state index in [1.54, 1.807) is 12.4 Å². The molecule has 2 N–H and O–H groups in total. The number of amides is 1. The molecule has 5 nitrogen and oxygen atoms in total. The molecule has 2 aliphatic rings. The summed E-state index contributed by atoms with van der Waals surface area (Å²) in [5.41, 5.74) is 1.07. The first kappa shape index (κ1) is 15.7. The number of nitrogens with one attached hydrogen (secondary N) is 1. The summed E-state index contributed by atoms with van der Waals surface area (Å²) < 4.78 is 0. The smallest absolute Gasteiger partial charge is 0.249 e. The second-order valence-corrected chi connectivity index (χ2v) is 6.72. The maximum atomic E-state index is 11.9. The summed E-state index contributed by atoms with van der Waals surface area (Å²) >= 11 is 6.14. The molecular formula is C16H22ClN3O2. The van der Waals surface area contributed by atoms with E-state index in [2.05, 4.69) is 15.2 Å². The average Bonchev–Trinajstić information content (AvgIpc) is 3.33. The number of carbonyl (C=O) groups is 1. The van der Waals surface area contributed by atoms with E-state index in [1.807, 2.05) is 6.07 Å². The fraction of sp³-hybridized carbons (Fsp3) is 0.625. The molecule has 0 bridgehead atoms. The van der Waals surface area contributed by atoms with Crippen LogP contribution in [0.2, 0.25) is 5.02 Å². The van der Waals surface area contributed by atoms with E-state index in [9.17, 15) is 9.90 Å². The van der Waals surface area contributed by atoms with Gasteiger partial charge in [-0.2, -0.15) is 0 Å². The Balaban J connectivity index is 1.47. The Morgan fingerprint density at radius 2 is 2.14 bits per heavy atom. The molecule has 1 saturated heterocycles.